The van der Waals surface area contributed by atoms with Crippen LogP contribution in [0.15, 0.2) is 73.8 Å². The van der Waals surface area contributed by atoms with Crippen molar-refractivity contribution in [1.82, 2.24) is 9.80 Å². The zero-order valence-corrected chi connectivity index (χ0v) is 25.7. The van der Waals surface area contributed by atoms with Crippen LogP contribution < -0.4 is 4.90 Å². The molecule has 0 aromatic heterocycles. The van der Waals surface area contributed by atoms with E-state index in [1.807, 2.05) is 49.4 Å². The van der Waals surface area contributed by atoms with Crippen LogP contribution in [0.2, 0.25) is 5.02 Å². The first-order valence-corrected chi connectivity index (χ1v) is 15.7. The van der Waals surface area contributed by atoms with E-state index in [0.29, 0.717) is 23.8 Å². The Balaban J connectivity index is 1.56. The molecular weight excluding hydrogens is 570 g/mol. The van der Waals surface area contributed by atoms with Crippen LogP contribution in [0, 0.1) is 24.7 Å². The minimum atomic E-state index is -0.859. The second-order valence-corrected chi connectivity index (χ2v) is 13.4. The molecule has 1 N–H and O–H groups in total. The Hall–Kier alpha value is -3.07. The number of hydrogen-bond acceptors (Lipinski definition) is 5. The molecule has 0 aliphatic carbocycles. The lowest BCUT2D eigenvalue weighted by Gasteiger charge is -2.41. The average Bonchev–Trinajstić information content (AvgIpc) is 3.56. The van der Waals surface area contributed by atoms with Gasteiger partial charge in [0.1, 0.15) is 6.04 Å². The molecule has 9 heteroatoms. The molecule has 0 radical (unpaired) electrons. The molecule has 1 spiro atoms. The fourth-order valence-corrected chi connectivity index (χ4v) is 10.1. The SMILES string of the molecule is C=CCN(Cc1ccccc1)C(=O)[C@@H]1[C@H]2C(=O)N(CCO)C(C(=O)N(CC=C)c3c(C)cccc3Cl)C23S[C@@H]1CC3C. The molecule has 7 nitrogen and oxygen atoms in total. The van der Waals surface area contributed by atoms with E-state index < -0.39 is 22.6 Å². The molecule has 6 atom stereocenters. The van der Waals surface area contributed by atoms with Crippen molar-refractivity contribution < 1.29 is 19.5 Å². The van der Waals surface area contributed by atoms with Gasteiger partial charge < -0.3 is 19.8 Å². The number of β-amino-alcohol motifs (C(OH)–C–C–N with tert-alkyl or cyclic N) is 1. The number of nitrogens with zero attached hydrogens (tertiary/aromatic N) is 3. The summed E-state index contributed by atoms with van der Waals surface area (Å²) in [7, 11) is 0. The smallest absolute Gasteiger partial charge is 0.251 e. The van der Waals surface area contributed by atoms with Crippen LogP contribution in [0.5, 0.6) is 0 Å². The lowest BCUT2D eigenvalue weighted by Crippen LogP contribution is -2.58. The van der Waals surface area contributed by atoms with Crippen LogP contribution in [0.25, 0.3) is 0 Å². The first-order chi connectivity index (χ1) is 20.2. The van der Waals surface area contributed by atoms with Crippen molar-refractivity contribution >= 4 is 46.8 Å². The van der Waals surface area contributed by atoms with Gasteiger partial charge in [-0.2, -0.15) is 0 Å². The molecule has 3 amide bonds. The quantitative estimate of drug-likeness (QED) is 0.374. The molecule has 222 valence electrons. The monoisotopic (exact) mass is 607 g/mol. The first-order valence-electron chi connectivity index (χ1n) is 14.4. The number of anilines is 1. The third-order valence-electron chi connectivity index (χ3n) is 9.02. The van der Waals surface area contributed by atoms with Crippen molar-refractivity contribution in [2.24, 2.45) is 17.8 Å². The summed E-state index contributed by atoms with van der Waals surface area (Å²) < 4.78 is -0.810. The summed E-state index contributed by atoms with van der Waals surface area (Å²) in [6.07, 6.45) is 4.08. The van der Waals surface area contributed by atoms with E-state index in [9.17, 15) is 19.5 Å². The Kier molecular flexibility index (Phi) is 8.88. The van der Waals surface area contributed by atoms with Crippen LogP contribution in [-0.2, 0) is 20.9 Å². The average molecular weight is 608 g/mol. The molecule has 3 unspecified atom stereocenters. The number of carbonyl (C=O) groups is 3. The topological polar surface area (TPSA) is 81.2 Å². The molecule has 3 aliphatic rings. The van der Waals surface area contributed by atoms with Crippen molar-refractivity contribution in [1.29, 1.82) is 0 Å². The van der Waals surface area contributed by atoms with Gasteiger partial charge in [0.25, 0.3) is 5.91 Å². The number of thioether (sulfide) groups is 1. The summed E-state index contributed by atoms with van der Waals surface area (Å²) in [6.45, 7) is 12.4. The molecule has 42 heavy (non-hydrogen) atoms. The number of likely N-dealkylation sites (tertiary alicyclic amines) is 1. The number of rotatable bonds is 11. The van der Waals surface area contributed by atoms with Crippen molar-refractivity contribution in [2.75, 3.05) is 31.1 Å². The Morgan fingerprint density at radius 3 is 2.48 bits per heavy atom. The van der Waals surface area contributed by atoms with E-state index in [4.69, 9.17) is 11.6 Å². The lowest BCUT2D eigenvalue weighted by molar-refractivity contribution is -0.144. The highest BCUT2D eigenvalue weighted by molar-refractivity contribution is 8.02. The van der Waals surface area contributed by atoms with Gasteiger partial charge in [0.2, 0.25) is 11.8 Å². The summed E-state index contributed by atoms with van der Waals surface area (Å²) in [4.78, 5) is 48.3. The van der Waals surface area contributed by atoms with Gasteiger partial charge in [-0.1, -0.05) is 73.1 Å². The normalized spacial score (nSPS) is 27.6. The van der Waals surface area contributed by atoms with Crippen molar-refractivity contribution in [3.05, 3.63) is 90.0 Å². The third-order valence-corrected chi connectivity index (χ3v) is 11.4. The molecule has 5 rings (SSSR count). The van der Waals surface area contributed by atoms with Gasteiger partial charge in [0, 0.05) is 31.4 Å². The zero-order chi connectivity index (χ0) is 30.2. The summed E-state index contributed by atoms with van der Waals surface area (Å²) in [5, 5.41) is 10.4. The van der Waals surface area contributed by atoms with Gasteiger partial charge in [-0.15, -0.1) is 24.9 Å². The van der Waals surface area contributed by atoms with Crippen LogP contribution in [-0.4, -0.2) is 74.9 Å². The van der Waals surface area contributed by atoms with Crippen LogP contribution >= 0.6 is 23.4 Å². The van der Waals surface area contributed by atoms with Gasteiger partial charge >= 0.3 is 0 Å². The number of halogens is 1. The zero-order valence-electron chi connectivity index (χ0n) is 24.1. The minimum absolute atomic E-state index is 0.00282. The second-order valence-electron chi connectivity index (χ2n) is 11.4. The number of para-hydroxylation sites is 1. The maximum Gasteiger partial charge on any atom is 0.251 e. The highest BCUT2D eigenvalue weighted by Gasteiger charge is 2.76. The summed E-state index contributed by atoms with van der Waals surface area (Å²) in [6, 6.07) is 14.4. The van der Waals surface area contributed by atoms with Crippen molar-refractivity contribution in [3.8, 4) is 0 Å². The number of amides is 3. The van der Waals surface area contributed by atoms with Gasteiger partial charge in [0.05, 0.1) is 33.9 Å². The maximum absolute atomic E-state index is 14.7. The van der Waals surface area contributed by atoms with Gasteiger partial charge in [0.15, 0.2) is 0 Å². The number of aliphatic hydroxyl groups excluding tert-OH is 1. The number of aryl methyl sites for hydroxylation is 1. The van der Waals surface area contributed by atoms with E-state index in [-0.39, 0.29) is 48.6 Å². The molecule has 3 saturated heterocycles. The van der Waals surface area contributed by atoms with Crippen LogP contribution in [0.3, 0.4) is 0 Å². The van der Waals surface area contributed by atoms with Gasteiger partial charge in [-0.3, -0.25) is 14.4 Å². The fourth-order valence-electron chi connectivity index (χ4n) is 7.37. The first kappa shape index (κ1) is 30.4. The largest absolute Gasteiger partial charge is 0.395 e. The highest BCUT2D eigenvalue weighted by Crippen LogP contribution is 2.69. The van der Waals surface area contributed by atoms with E-state index in [1.54, 1.807) is 39.8 Å². The van der Waals surface area contributed by atoms with E-state index in [0.717, 1.165) is 17.5 Å². The van der Waals surface area contributed by atoms with Gasteiger partial charge in [-0.25, -0.2) is 0 Å². The molecule has 0 saturated carbocycles. The Morgan fingerprint density at radius 2 is 1.83 bits per heavy atom. The maximum atomic E-state index is 14.7. The van der Waals surface area contributed by atoms with Crippen molar-refractivity contribution in [2.45, 2.75) is 42.9 Å². The molecular formula is C33H38ClN3O4S. The molecule has 2 aromatic rings. The molecule has 2 bridgehead atoms. The number of aliphatic hydroxyl groups is 1. The summed E-state index contributed by atoms with van der Waals surface area (Å²) >= 11 is 8.26. The molecule has 2 aromatic carbocycles. The summed E-state index contributed by atoms with van der Waals surface area (Å²) in [5.74, 6) is -1.85. The predicted molar refractivity (Wildman–Crippen MR) is 168 cm³/mol. The standard InChI is InChI=1S/C33H38ClN3O4S/c1-5-15-35(20-23-12-8-7-9-13-23)30(39)26-25-19-22(4)33(42-25)27(26)31(40)37(17-18-38)29(33)32(41)36(16-6-2)28-21(3)11-10-14-24(28)34/h5-14,22,25-27,29,38H,1-2,15-20H2,3-4H3/t22?,25-,26+,27+,29?,33?/m1/s1. The third kappa shape index (κ3) is 4.87. The fraction of sp³-hybridized carbons (Fsp3) is 0.424. The van der Waals surface area contributed by atoms with Crippen molar-refractivity contribution in [3.63, 3.8) is 0 Å². The predicted octanol–water partition coefficient (Wildman–Crippen LogP) is 4.71. The molecule has 3 fully saturated rings. The number of fused-ring (bicyclic) bond motifs is 1. The van der Waals surface area contributed by atoms with Crippen LogP contribution in [0.4, 0.5) is 5.69 Å². The number of hydrogen-bond donors (Lipinski definition) is 1. The number of benzene rings is 2. The Morgan fingerprint density at radius 1 is 1.12 bits per heavy atom. The minimum Gasteiger partial charge on any atom is -0.395 e. The lowest BCUT2D eigenvalue weighted by atomic mass is 9.65. The Labute approximate surface area is 257 Å². The van der Waals surface area contributed by atoms with Gasteiger partial charge in [-0.05, 0) is 36.5 Å². The number of carbonyl (C=O) groups excluding carboxylic acids is 3. The van der Waals surface area contributed by atoms with E-state index in [1.165, 1.54) is 4.90 Å². The highest BCUT2D eigenvalue weighted by atomic mass is 35.5. The Bertz CT molecular complexity index is 1370. The summed E-state index contributed by atoms with van der Waals surface area (Å²) in [5.41, 5.74) is 2.41. The van der Waals surface area contributed by atoms with E-state index >= 15 is 0 Å². The molecule has 3 heterocycles. The molecule has 3 aliphatic heterocycles. The van der Waals surface area contributed by atoms with Crippen LogP contribution in [0.1, 0.15) is 24.5 Å². The second kappa shape index (κ2) is 12.3. The van der Waals surface area contributed by atoms with E-state index in [2.05, 4.69) is 20.1 Å².